The molecule has 10 aromatic carbocycles. The Morgan fingerprint density at radius 2 is 0.596 bits per heavy atom. The van der Waals surface area contributed by atoms with Gasteiger partial charge in [-0.1, -0.05) is 221 Å². The summed E-state index contributed by atoms with van der Waals surface area (Å²) in [6.07, 6.45) is 2.81. The Bertz CT molecular complexity index is 3710. The van der Waals surface area contributed by atoms with Crippen molar-refractivity contribution in [3.05, 3.63) is 251 Å². The first-order valence-electron chi connectivity index (χ1n) is 30.2. The first kappa shape index (κ1) is 64.8. The van der Waals surface area contributed by atoms with Crippen LogP contribution in [0.15, 0.2) is 206 Å². The van der Waals surface area contributed by atoms with Gasteiger partial charge in [0.2, 0.25) is 0 Å². The van der Waals surface area contributed by atoms with Gasteiger partial charge in [0, 0.05) is 11.1 Å². The van der Waals surface area contributed by atoms with Gasteiger partial charge in [-0.15, -0.1) is 0 Å². The van der Waals surface area contributed by atoms with Gasteiger partial charge >= 0.3 is 29.1 Å². The number of carbonyl (C=O) groups excluding carboxylic acids is 2. The van der Waals surface area contributed by atoms with E-state index in [1.165, 1.54) is 0 Å². The molecule has 10 aromatic rings. The predicted molar refractivity (Wildman–Crippen MR) is 363 cm³/mol. The summed E-state index contributed by atoms with van der Waals surface area (Å²) in [6.45, 7) is 21.1. The Morgan fingerprint density at radius 3 is 0.888 bits per heavy atom. The fourth-order valence-electron chi connectivity index (χ4n) is 10.7. The number of hydrogen-bond donors (Lipinski definition) is 0. The van der Waals surface area contributed by atoms with Crippen molar-refractivity contribution in [2.45, 2.75) is 102 Å². The van der Waals surface area contributed by atoms with E-state index in [1.807, 2.05) is 196 Å². The minimum absolute atomic E-state index is 0. The molecule has 0 aliphatic heterocycles. The summed E-state index contributed by atoms with van der Waals surface area (Å²) in [5, 5.41) is 2.58. The molecule has 0 N–H and O–H groups in total. The average molecular weight is 1230 g/mol. The number of esters is 2. The lowest BCUT2D eigenvalue weighted by atomic mass is 9.88. The van der Waals surface area contributed by atoms with E-state index in [1.54, 1.807) is 24.3 Å². The highest BCUT2D eigenvalue weighted by atomic mass is 31.2. The lowest BCUT2D eigenvalue weighted by Crippen LogP contribution is -2.15. The molecule has 0 spiro atoms. The first-order chi connectivity index (χ1) is 42.6. The van der Waals surface area contributed by atoms with Gasteiger partial charge < -0.3 is 36.6 Å². The van der Waals surface area contributed by atoms with Crippen molar-refractivity contribution in [1.29, 1.82) is 0 Å². The van der Waals surface area contributed by atoms with Crippen molar-refractivity contribution in [2.75, 3.05) is 0 Å². The molecule has 0 radical (unpaired) electrons. The van der Waals surface area contributed by atoms with Crippen LogP contribution in [0.3, 0.4) is 0 Å². The molecule has 0 aliphatic carbocycles. The van der Waals surface area contributed by atoms with E-state index in [4.69, 9.17) is 36.6 Å². The van der Waals surface area contributed by atoms with Crippen LogP contribution in [0.1, 0.15) is 117 Å². The summed E-state index contributed by atoms with van der Waals surface area (Å²) in [7, 11) is -5.08. The third kappa shape index (κ3) is 16.2. The van der Waals surface area contributed by atoms with Gasteiger partial charge in [0.15, 0.2) is 11.5 Å². The molecule has 0 saturated carbocycles. The summed E-state index contributed by atoms with van der Waals surface area (Å²) in [5.41, 5.74) is 6.12. The van der Waals surface area contributed by atoms with Crippen molar-refractivity contribution in [1.82, 2.24) is 0 Å². The summed E-state index contributed by atoms with van der Waals surface area (Å²) in [5.74, 6) is 2.72. The SMILES string of the molecule is C.Cc1ccccc1OC(=O)c1cc2ccccc2c(-c2c(OP(Oc3ccccc3CC(C)C)Oc3ccccc3CC(C)C)c(C(=O)Oc3ccccc3C)cc3ccccc23)c1OP(Oc1ccccc1CC(C)C)Oc1ccccc1CC(C)C. The van der Waals surface area contributed by atoms with Gasteiger partial charge in [-0.25, -0.2) is 9.59 Å². The van der Waals surface area contributed by atoms with Gasteiger partial charge in [0.1, 0.15) is 45.6 Å². The molecule has 0 saturated heterocycles. The van der Waals surface area contributed by atoms with E-state index in [9.17, 15) is 0 Å². The maximum Gasteiger partial charge on any atom is 0.530 e. The molecule has 0 bridgehead atoms. The normalized spacial score (nSPS) is 11.4. The van der Waals surface area contributed by atoms with Crippen LogP contribution in [-0.2, 0) is 25.7 Å². The number of para-hydroxylation sites is 6. The van der Waals surface area contributed by atoms with Crippen molar-refractivity contribution in [3.8, 4) is 57.1 Å². The monoisotopic (exact) mass is 1230 g/mol. The van der Waals surface area contributed by atoms with Crippen LogP contribution >= 0.6 is 17.2 Å². The van der Waals surface area contributed by atoms with E-state index in [-0.39, 0.29) is 53.7 Å². The summed E-state index contributed by atoms with van der Waals surface area (Å²) < 4.78 is 56.6. The average Bonchev–Trinajstić information content (AvgIpc) is 0.747. The van der Waals surface area contributed by atoms with E-state index < -0.39 is 29.1 Å². The molecule has 0 aromatic heterocycles. The van der Waals surface area contributed by atoms with Crippen molar-refractivity contribution in [2.24, 2.45) is 23.7 Å². The fourth-order valence-corrected chi connectivity index (χ4v) is 12.9. The predicted octanol–water partition coefficient (Wildman–Crippen LogP) is 21.7. The van der Waals surface area contributed by atoms with E-state index in [0.29, 0.717) is 92.9 Å². The van der Waals surface area contributed by atoms with Gasteiger partial charge in [0.05, 0.1) is 0 Å². The maximum absolute atomic E-state index is 15.7. The zero-order valence-electron chi connectivity index (χ0n) is 51.7. The van der Waals surface area contributed by atoms with Crippen LogP contribution < -0.4 is 36.6 Å². The molecular formula is C77H80O10P2. The Hall–Kier alpha value is -8.68. The Morgan fingerprint density at radius 1 is 0.337 bits per heavy atom. The molecule has 0 unspecified atom stereocenters. The molecule has 89 heavy (non-hydrogen) atoms. The van der Waals surface area contributed by atoms with Gasteiger partial charge in [-0.3, -0.25) is 0 Å². The highest BCUT2D eigenvalue weighted by Crippen LogP contribution is 2.56. The van der Waals surface area contributed by atoms with E-state index in [0.717, 1.165) is 33.4 Å². The topological polar surface area (TPSA) is 108 Å². The van der Waals surface area contributed by atoms with E-state index >= 15 is 9.59 Å². The van der Waals surface area contributed by atoms with Crippen molar-refractivity contribution < 1.29 is 46.2 Å². The smallest absolute Gasteiger partial charge is 0.423 e. The molecule has 10 rings (SSSR count). The number of carbonyl (C=O) groups is 2. The first-order valence-corrected chi connectivity index (χ1v) is 32.4. The number of rotatable bonds is 25. The third-order valence-electron chi connectivity index (χ3n) is 14.7. The molecule has 458 valence electrons. The number of ether oxygens (including phenoxy) is 2. The number of hydrogen-bond acceptors (Lipinski definition) is 10. The molecule has 0 aliphatic rings. The van der Waals surface area contributed by atoms with Crippen LogP contribution in [0, 0.1) is 37.5 Å². The Labute approximate surface area is 528 Å². The standard InChI is InChI=1S/C76H76O10P2.CH4/c1-49(2)43-57-31-15-23-39-67(57)81-87(82-68-40-24-16-32-58(68)44-50(3)4)85-73-63(75(77)79-65-37-21-11-27-53(65)9)47-55-29-13-19-35-61(55)71(73)72-62-36-20-14-30-56(62)48-64(76(78)80-66-38-22-12-28-54(66)10)74(72)86-88(83-69-41-25-17-33-59(69)45-51(5)6)84-70-42-26-18-34-60(70)46-52(7)8;/h11-42,47-52H,43-46H2,1-10H3;1H4. The zero-order chi connectivity index (χ0) is 61.8. The molecule has 12 heteroatoms. The van der Waals surface area contributed by atoms with Crippen molar-refractivity contribution >= 4 is 50.7 Å². The molecule has 0 amide bonds. The third-order valence-corrected chi connectivity index (χ3v) is 16.8. The van der Waals surface area contributed by atoms with Crippen LogP contribution in [0.25, 0.3) is 32.7 Å². The van der Waals surface area contributed by atoms with Crippen molar-refractivity contribution in [3.63, 3.8) is 0 Å². The second-order valence-corrected chi connectivity index (χ2v) is 25.8. The summed E-state index contributed by atoms with van der Waals surface area (Å²) >= 11 is 0. The zero-order valence-corrected chi connectivity index (χ0v) is 53.5. The van der Waals surface area contributed by atoms with Crippen LogP contribution in [0.2, 0.25) is 0 Å². The Balaban J connectivity index is 0.00000941. The lowest BCUT2D eigenvalue weighted by Gasteiger charge is -2.27. The van der Waals surface area contributed by atoms with Crippen LogP contribution in [0.5, 0.6) is 46.0 Å². The number of fused-ring (bicyclic) bond motifs is 2. The number of aryl methyl sites for hydroxylation is 2. The fraction of sp³-hybridized carbons (Fsp3) is 0.247. The van der Waals surface area contributed by atoms with Gasteiger partial charge in [-0.05, 0) is 167 Å². The van der Waals surface area contributed by atoms with Crippen LogP contribution in [0.4, 0.5) is 0 Å². The number of benzene rings is 10. The quantitative estimate of drug-likeness (QED) is 0.0312. The highest BCUT2D eigenvalue weighted by molar-refractivity contribution is 7.43. The van der Waals surface area contributed by atoms with Gasteiger partial charge in [-0.2, -0.15) is 0 Å². The summed E-state index contributed by atoms with van der Waals surface area (Å²) in [6, 6.07) is 65.3. The highest BCUT2D eigenvalue weighted by Gasteiger charge is 2.36. The minimum Gasteiger partial charge on any atom is -0.423 e. The second kappa shape index (κ2) is 30.0. The Kier molecular flexibility index (Phi) is 21.8. The molecule has 0 atom stereocenters. The minimum atomic E-state index is -2.54. The molecule has 0 fully saturated rings. The second-order valence-electron chi connectivity index (χ2n) is 23.8. The maximum atomic E-state index is 15.7. The summed E-state index contributed by atoms with van der Waals surface area (Å²) in [4.78, 5) is 31.4. The lowest BCUT2D eigenvalue weighted by molar-refractivity contribution is 0.0721. The van der Waals surface area contributed by atoms with Crippen LogP contribution in [-0.4, -0.2) is 11.9 Å². The molecule has 10 nitrogen and oxygen atoms in total. The largest absolute Gasteiger partial charge is 0.530 e. The molecule has 0 heterocycles. The molecular weight excluding hydrogens is 1150 g/mol. The van der Waals surface area contributed by atoms with E-state index in [2.05, 4.69) is 55.4 Å². The van der Waals surface area contributed by atoms with Gasteiger partial charge in [0.25, 0.3) is 0 Å².